The molecular weight excluding hydrogens is 180 g/mol. The second-order valence-corrected chi connectivity index (χ2v) is 0. The molecular formula is H12MoN6-6. The van der Waals surface area contributed by atoms with Crippen LogP contribution in [-0.4, -0.2) is 0 Å². The van der Waals surface area contributed by atoms with Crippen molar-refractivity contribution in [2.75, 3.05) is 0 Å². The molecule has 0 aliphatic carbocycles. The van der Waals surface area contributed by atoms with Crippen LogP contribution in [0.15, 0.2) is 0 Å². The normalized spacial score (nSPS) is 0. The predicted octanol–water partition coefficient (Wildman–Crippen LogP) is 4.30. The minimum absolute atomic E-state index is 0. The van der Waals surface area contributed by atoms with E-state index in [1.807, 2.05) is 0 Å². The largest absolute Gasteiger partial charge is 0.693 e. The van der Waals surface area contributed by atoms with E-state index in [1.165, 1.54) is 0 Å². The zero-order valence-corrected chi connectivity index (χ0v) is 5.88. The summed E-state index contributed by atoms with van der Waals surface area (Å²) in [4.78, 5) is 0. The van der Waals surface area contributed by atoms with E-state index in [4.69, 9.17) is 0 Å². The molecule has 0 aliphatic rings. The van der Waals surface area contributed by atoms with Gasteiger partial charge in [0.25, 0.3) is 0 Å². The summed E-state index contributed by atoms with van der Waals surface area (Å²) in [6, 6.07) is 0. The second kappa shape index (κ2) is 952. The van der Waals surface area contributed by atoms with Crippen LogP contribution in [0.2, 0.25) is 0 Å². The molecule has 0 aromatic heterocycles. The Bertz CT molecular complexity index is 4.14. The summed E-state index contributed by atoms with van der Waals surface area (Å²) in [5.41, 5.74) is 0. The molecule has 0 spiro atoms. The van der Waals surface area contributed by atoms with Gasteiger partial charge in [-0.2, -0.15) is 0 Å². The summed E-state index contributed by atoms with van der Waals surface area (Å²) in [6.07, 6.45) is 0. The molecule has 54 valence electrons. The van der Waals surface area contributed by atoms with Crippen molar-refractivity contribution in [3.63, 3.8) is 0 Å². The topological polar surface area (TPSA) is 201 Å². The van der Waals surface area contributed by atoms with Gasteiger partial charge in [0.2, 0.25) is 0 Å². The Morgan fingerprint density at radius 3 is 0.286 bits per heavy atom. The van der Waals surface area contributed by atoms with Crippen LogP contribution < -0.4 is 0 Å². The van der Waals surface area contributed by atoms with Crippen molar-refractivity contribution in [1.82, 2.24) is 0 Å². The van der Waals surface area contributed by atoms with E-state index in [2.05, 4.69) is 0 Å². The molecule has 0 aliphatic heterocycles. The fraction of sp³-hybridized carbons (Fsp3) is 0. The Hall–Kier alpha value is 0.448. The van der Waals surface area contributed by atoms with Gasteiger partial charge < -0.3 is 36.9 Å². The molecule has 6 nitrogen and oxygen atoms in total. The van der Waals surface area contributed by atoms with Crippen LogP contribution in [0.1, 0.15) is 0 Å². The maximum Gasteiger partial charge on any atom is 0 e. The van der Waals surface area contributed by atoms with Crippen molar-refractivity contribution in [3.8, 4) is 0 Å². The summed E-state index contributed by atoms with van der Waals surface area (Å²) < 4.78 is 0. The average Bonchev–Trinajstić information content (AvgIpc) is 0. The van der Waals surface area contributed by atoms with Gasteiger partial charge >= 0.3 is 0 Å². The van der Waals surface area contributed by atoms with E-state index in [-0.39, 0.29) is 58.0 Å². The van der Waals surface area contributed by atoms with Gasteiger partial charge in [-0.05, 0) is 0 Å². The number of nitrogens with two attached hydrogens (primary N) is 6. The average molecular weight is 192 g/mol. The summed E-state index contributed by atoms with van der Waals surface area (Å²) >= 11 is 0. The molecule has 0 radical (unpaired) electrons. The van der Waals surface area contributed by atoms with Gasteiger partial charge in [-0.1, -0.05) is 0 Å². The minimum Gasteiger partial charge on any atom is -0.693 e. The second-order valence-electron chi connectivity index (χ2n) is 0. The van der Waals surface area contributed by atoms with Crippen LogP contribution in [0, 0.1) is 0 Å². The molecule has 12 N–H and O–H groups in total. The third kappa shape index (κ3) is 635. The van der Waals surface area contributed by atoms with Crippen LogP contribution >= 0.6 is 0 Å². The maximum atomic E-state index is 0. The first-order valence-electron chi connectivity index (χ1n) is 0. The van der Waals surface area contributed by atoms with Gasteiger partial charge in [-0.15, -0.1) is 0 Å². The van der Waals surface area contributed by atoms with Crippen LogP contribution in [0.4, 0.5) is 0 Å². The number of hydrogen-bond acceptors (Lipinski definition) is 0. The molecule has 0 saturated carbocycles. The quantitative estimate of drug-likeness (QED) is 0.492. The molecule has 0 aromatic carbocycles. The van der Waals surface area contributed by atoms with Crippen molar-refractivity contribution in [2.24, 2.45) is 0 Å². The SMILES string of the molecule is [Mo].[NH2-].[NH2-].[NH2-].[NH2-].[NH2-].[NH2-]. The monoisotopic (exact) mass is 194 g/mol. The number of hydrogen-bond donors (Lipinski definition) is 0. The van der Waals surface area contributed by atoms with Crippen molar-refractivity contribution in [2.45, 2.75) is 0 Å². The molecule has 0 bridgehead atoms. The Balaban J connectivity index is 0. The van der Waals surface area contributed by atoms with Crippen molar-refractivity contribution in [1.29, 1.82) is 0 Å². The van der Waals surface area contributed by atoms with Crippen molar-refractivity contribution >= 4 is 0 Å². The first kappa shape index (κ1) is 1540. The van der Waals surface area contributed by atoms with Gasteiger partial charge in [0, 0.05) is 21.1 Å². The van der Waals surface area contributed by atoms with E-state index in [0.29, 0.717) is 0 Å². The molecule has 0 saturated heterocycles. The van der Waals surface area contributed by atoms with Gasteiger partial charge in [0.15, 0.2) is 0 Å². The maximum absolute atomic E-state index is 0. The smallest absolute Gasteiger partial charge is 0 e. The summed E-state index contributed by atoms with van der Waals surface area (Å²) in [6.45, 7) is 0. The van der Waals surface area contributed by atoms with E-state index >= 15 is 0 Å². The summed E-state index contributed by atoms with van der Waals surface area (Å²) in [5, 5.41) is 0. The molecule has 0 aromatic rings. The Morgan fingerprint density at radius 2 is 0.286 bits per heavy atom. The van der Waals surface area contributed by atoms with Gasteiger partial charge in [0.1, 0.15) is 0 Å². The van der Waals surface area contributed by atoms with Gasteiger partial charge in [-0.3, -0.25) is 0 Å². The molecule has 7 heavy (non-hydrogen) atoms. The first-order chi connectivity index (χ1) is 0. The molecule has 0 amide bonds. The van der Waals surface area contributed by atoms with Crippen LogP contribution in [0.25, 0.3) is 36.9 Å². The zero-order chi connectivity index (χ0) is 0. The minimum atomic E-state index is 0. The third-order valence-electron chi connectivity index (χ3n) is 0. The van der Waals surface area contributed by atoms with Crippen molar-refractivity contribution < 1.29 is 21.1 Å². The fourth-order valence-electron chi connectivity index (χ4n) is 0. The van der Waals surface area contributed by atoms with E-state index in [1.54, 1.807) is 0 Å². The Kier molecular flexibility index (Phi) is 210000. The predicted molar refractivity (Wildman–Crippen MR) is 31.7 cm³/mol. The Morgan fingerprint density at radius 1 is 0.286 bits per heavy atom. The van der Waals surface area contributed by atoms with Crippen molar-refractivity contribution in [3.05, 3.63) is 36.9 Å². The van der Waals surface area contributed by atoms with E-state index in [9.17, 15) is 0 Å². The van der Waals surface area contributed by atoms with Gasteiger partial charge in [0.05, 0.1) is 0 Å². The molecule has 0 rings (SSSR count). The summed E-state index contributed by atoms with van der Waals surface area (Å²) in [5.74, 6) is 0. The third-order valence-corrected chi connectivity index (χ3v) is 0. The first-order valence-corrected chi connectivity index (χ1v) is 0. The zero-order valence-electron chi connectivity index (χ0n) is 3.87. The molecule has 0 fully saturated rings. The fourth-order valence-corrected chi connectivity index (χ4v) is 0. The molecule has 7 heteroatoms. The van der Waals surface area contributed by atoms with Crippen LogP contribution in [0.5, 0.6) is 0 Å². The van der Waals surface area contributed by atoms with E-state index < -0.39 is 0 Å². The summed E-state index contributed by atoms with van der Waals surface area (Å²) in [7, 11) is 0. The van der Waals surface area contributed by atoms with Crippen LogP contribution in [0.3, 0.4) is 0 Å². The molecule has 0 heterocycles. The number of rotatable bonds is 0. The van der Waals surface area contributed by atoms with E-state index in [0.717, 1.165) is 0 Å². The van der Waals surface area contributed by atoms with Gasteiger partial charge in [-0.25, -0.2) is 0 Å². The molecule has 0 atom stereocenters. The standard InChI is InChI=1S/Mo.6H2N/h;6*1H2/q;6*-1. The molecule has 0 unspecified atom stereocenters. The van der Waals surface area contributed by atoms with Crippen LogP contribution in [-0.2, 0) is 21.1 Å². The Labute approximate surface area is 58.6 Å².